The first-order chi connectivity index (χ1) is 13.8. The van der Waals surface area contributed by atoms with Crippen molar-refractivity contribution in [2.24, 2.45) is 0 Å². The lowest BCUT2D eigenvalue weighted by Crippen LogP contribution is -2.44. The molecule has 0 saturated heterocycles. The molecule has 3 amide bonds. The number of hydrogen-bond acceptors (Lipinski definition) is 7. The number of alkyl halides is 3. The summed E-state index contributed by atoms with van der Waals surface area (Å²) in [7, 11) is -3.99. The average molecular weight is 456 g/mol. The molecule has 0 aliphatic carbocycles. The maximum Gasteiger partial charge on any atom is 0.405 e. The maximum absolute atomic E-state index is 12.5. The van der Waals surface area contributed by atoms with Crippen molar-refractivity contribution < 1.29 is 40.8 Å². The van der Waals surface area contributed by atoms with Gasteiger partial charge in [-0.15, -0.1) is 0 Å². The Kier molecular flexibility index (Phi) is 8.53. The summed E-state index contributed by atoms with van der Waals surface area (Å²) in [6, 6.07) is 1.34. The van der Waals surface area contributed by atoms with Crippen molar-refractivity contribution >= 4 is 27.6 Å². The molecule has 0 atom stereocenters. The second-order valence-corrected chi connectivity index (χ2v) is 7.55. The highest BCUT2D eigenvalue weighted by Crippen LogP contribution is 2.30. The van der Waals surface area contributed by atoms with Crippen molar-refractivity contribution in [1.29, 1.82) is 0 Å². The zero-order valence-corrected chi connectivity index (χ0v) is 16.7. The van der Waals surface area contributed by atoms with Crippen LogP contribution in [0.3, 0.4) is 0 Å². The number of nitro groups is 1. The molecule has 1 rings (SSSR count). The number of rotatable bonds is 9. The second kappa shape index (κ2) is 10.2. The molecule has 0 unspecified atom stereocenters. The van der Waals surface area contributed by atoms with Crippen LogP contribution in [0.4, 0.5) is 23.7 Å². The first-order valence-electron chi connectivity index (χ1n) is 8.37. The molecular formula is C15H19F3N4O7S. The molecule has 1 aromatic carbocycles. The van der Waals surface area contributed by atoms with E-state index in [0.29, 0.717) is 0 Å². The number of carbonyl (C=O) groups excluding carboxylic acids is 2. The molecule has 0 saturated carbocycles. The highest BCUT2D eigenvalue weighted by Gasteiger charge is 2.28. The van der Waals surface area contributed by atoms with Gasteiger partial charge in [0.15, 0.2) is 12.4 Å². The number of hydrogen-bond donors (Lipinski definition) is 2. The lowest BCUT2D eigenvalue weighted by Gasteiger charge is -2.18. The van der Waals surface area contributed by atoms with Crippen molar-refractivity contribution in [2.75, 3.05) is 26.2 Å². The number of ether oxygens (including phenoxy) is 1. The highest BCUT2D eigenvalue weighted by atomic mass is 32.2. The van der Waals surface area contributed by atoms with Gasteiger partial charge in [0.1, 0.15) is 6.54 Å². The first kappa shape index (κ1) is 25.1. The van der Waals surface area contributed by atoms with Crippen LogP contribution in [0.1, 0.15) is 13.8 Å². The van der Waals surface area contributed by atoms with Gasteiger partial charge in [-0.25, -0.2) is 13.2 Å². The Labute approximate surface area is 169 Å². The molecule has 15 heteroatoms. The van der Waals surface area contributed by atoms with Gasteiger partial charge in [0.2, 0.25) is 10.0 Å². The van der Waals surface area contributed by atoms with Crippen LogP contribution in [0.25, 0.3) is 0 Å². The third-order valence-electron chi connectivity index (χ3n) is 3.53. The van der Waals surface area contributed by atoms with Crippen molar-refractivity contribution in [2.45, 2.75) is 24.9 Å². The Hall–Kier alpha value is -2.94. The number of benzene rings is 1. The van der Waals surface area contributed by atoms with Gasteiger partial charge in [-0.05, 0) is 12.1 Å². The van der Waals surface area contributed by atoms with Crippen LogP contribution in [0.2, 0.25) is 0 Å². The Morgan fingerprint density at radius 1 is 1.23 bits per heavy atom. The normalized spacial score (nSPS) is 11.8. The minimum Gasteiger partial charge on any atom is -0.477 e. The second-order valence-electron chi connectivity index (χ2n) is 5.61. The lowest BCUT2D eigenvalue weighted by molar-refractivity contribution is -0.386. The Bertz CT molecular complexity index is 902. The molecule has 168 valence electrons. The topological polar surface area (TPSA) is 148 Å². The predicted octanol–water partition coefficient (Wildman–Crippen LogP) is 1.39. The Balaban J connectivity index is 2.90. The standard InChI is InChI=1S/C15H19F3N4O7S/c1-3-21(4-2)30(27,28)10-5-6-12(11(7-10)22(25)26)29-8-13(23)20-14(24)19-9-15(16,17)18/h5-7H,3-4,8-9H2,1-2H3,(H2,19,20,23,24). The molecule has 30 heavy (non-hydrogen) atoms. The number of amides is 3. The summed E-state index contributed by atoms with van der Waals surface area (Å²) in [5.41, 5.74) is -0.752. The number of urea groups is 1. The van der Waals surface area contributed by atoms with Crippen LogP contribution >= 0.6 is 0 Å². The van der Waals surface area contributed by atoms with E-state index in [2.05, 4.69) is 0 Å². The molecule has 1 aromatic rings. The van der Waals surface area contributed by atoms with E-state index in [1.807, 2.05) is 0 Å². The number of nitrogens with one attached hydrogen (secondary N) is 2. The predicted molar refractivity (Wildman–Crippen MR) is 96.3 cm³/mol. The molecule has 0 radical (unpaired) electrons. The van der Waals surface area contributed by atoms with Gasteiger partial charge in [0.25, 0.3) is 5.91 Å². The minimum atomic E-state index is -4.68. The first-order valence-corrected chi connectivity index (χ1v) is 9.81. The SMILES string of the molecule is CCN(CC)S(=O)(=O)c1ccc(OCC(=O)NC(=O)NCC(F)(F)F)c([N+](=O)[O-])c1. The molecule has 0 aliphatic rings. The maximum atomic E-state index is 12.5. The Morgan fingerprint density at radius 3 is 2.33 bits per heavy atom. The molecule has 0 fully saturated rings. The van der Waals surface area contributed by atoms with Crippen LogP contribution in [0, 0.1) is 10.1 Å². The fourth-order valence-corrected chi connectivity index (χ4v) is 3.64. The van der Waals surface area contributed by atoms with Crippen molar-refractivity contribution in [3.8, 4) is 5.75 Å². The third kappa shape index (κ3) is 7.14. The van der Waals surface area contributed by atoms with E-state index < -0.39 is 57.6 Å². The quantitative estimate of drug-likeness (QED) is 0.421. The van der Waals surface area contributed by atoms with Crippen LogP contribution in [0.15, 0.2) is 23.1 Å². The van der Waals surface area contributed by atoms with E-state index >= 15 is 0 Å². The summed E-state index contributed by atoms with van der Waals surface area (Å²) in [5.74, 6) is -1.65. The van der Waals surface area contributed by atoms with Gasteiger partial charge in [-0.1, -0.05) is 13.8 Å². The third-order valence-corrected chi connectivity index (χ3v) is 5.58. The molecule has 0 spiro atoms. The zero-order valence-electron chi connectivity index (χ0n) is 15.9. The molecule has 0 aromatic heterocycles. The van der Waals surface area contributed by atoms with Gasteiger partial charge in [0.05, 0.1) is 9.82 Å². The number of nitro benzene ring substituents is 1. The summed E-state index contributed by atoms with van der Waals surface area (Å²) in [5, 5.41) is 14.2. The van der Waals surface area contributed by atoms with E-state index in [1.165, 1.54) is 5.32 Å². The van der Waals surface area contributed by atoms with Crippen molar-refractivity contribution in [3.05, 3.63) is 28.3 Å². The van der Waals surface area contributed by atoms with E-state index in [-0.39, 0.29) is 18.0 Å². The smallest absolute Gasteiger partial charge is 0.405 e. The fourth-order valence-electron chi connectivity index (χ4n) is 2.17. The van der Waals surface area contributed by atoms with Gasteiger partial charge in [-0.2, -0.15) is 17.5 Å². The monoisotopic (exact) mass is 456 g/mol. The highest BCUT2D eigenvalue weighted by molar-refractivity contribution is 7.89. The summed E-state index contributed by atoms with van der Waals surface area (Å²) in [4.78, 5) is 32.7. The van der Waals surface area contributed by atoms with E-state index in [1.54, 1.807) is 19.2 Å². The molecule has 0 aliphatic heterocycles. The van der Waals surface area contributed by atoms with Crippen molar-refractivity contribution in [3.63, 3.8) is 0 Å². The summed E-state index contributed by atoms with van der Waals surface area (Å²) in [6.07, 6.45) is -4.68. The summed E-state index contributed by atoms with van der Waals surface area (Å²) >= 11 is 0. The van der Waals surface area contributed by atoms with Gasteiger partial charge in [0, 0.05) is 19.2 Å². The molecule has 2 N–H and O–H groups in total. The van der Waals surface area contributed by atoms with Gasteiger partial charge < -0.3 is 10.1 Å². The van der Waals surface area contributed by atoms with E-state index in [4.69, 9.17) is 4.74 Å². The van der Waals surface area contributed by atoms with Crippen LogP contribution in [0.5, 0.6) is 5.75 Å². The molecule has 0 bridgehead atoms. The van der Waals surface area contributed by atoms with E-state index in [0.717, 1.165) is 22.5 Å². The van der Waals surface area contributed by atoms with Gasteiger partial charge in [-0.3, -0.25) is 20.2 Å². The summed E-state index contributed by atoms with van der Waals surface area (Å²) < 4.78 is 66.9. The van der Waals surface area contributed by atoms with Crippen LogP contribution < -0.4 is 15.4 Å². The average Bonchev–Trinajstić information content (AvgIpc) is 2.64. The number of imide groups is 1. The van der Waals surface area contributed by atoms with E-state index in [9.17, 15) is 41.3 Å². The number of nitrogens with zero attached hydrogens (tertiary/aromatic N) is 2. The number of carbonyl (C=O) groups is 2. The lowest BCUT2D eigenvalue weighted by atomic mass is 10.3. The van der Waals surface area contributed by atoms with Crippen LogP contribution in [-0.4, -0.2) is 62.0 Å². The fraction of sp³-hybridized carbons (Fsp3) is 0.467. The minimum absolute atomic E-state index is 0.140. The number of halogens is 3. The zero-order chi connectivity index (χ0) is 23.1. The number of sulfonamides is 1. The van der Waals surface area contributed by atoms with Crippen LogP contribution in [-0.2, 0) is 14.8 Å². The summed E-state index contributed by atoms with van der Waals surface area (Å²) in [6.45, 7) is 0.860. The van der Waals surface area contributed by atoms with Gasteiger partial charge >= 0.3 is 17.9 Å². The molecule has 11 nitrogen and oxygen atoms in total. The van der Waals surface area contributed by atoms with Crippen molar-refractivity contribution in [1.82, 2.24) is 14.9 Å². The largest absolute Gasteiger partial charge is 0.477 e. The molecule has 0 heterocycles. The molecular weight excluding hydrogens is 437 g/mol. The Morgan fingerprint density at radius 2 is 1.83 bits per heavy atom.